The van der Waals surface area contributed by atoms with Gasteiger partial charge in [-0.1, -0.05) is 42.5 Å². The van der Waals surface area contributed by atoms with Crippen LogP contribution in [-0.2, 0) is 6.54 Å². The van der Waals surface area contributed by atoms with Crippen LogP contribution in [0, 0.1) is 0 Å². The highest BCUT2D eigenvalue weighted by molar-refractivity contribution is 7.08. The number of benzene rings is 2. The zero-order valence-corrected chi connectivity index (χ0v) is 13.3. The average Bonchev–Trinajstić information content (AvgIpc) is 3.11. The number of hydrogen-bond donors (Lipinski definition) is 0. The maximum absolute atomic E-state index is 12.4. The molecule has 2 nitrogen and oxygen atoms in total. The Kier molecular flexibility index (Phi) is 3.56. The van der Waals surface area contributed by atoms with E-state index in [1.165, 1.54) is 10.8 Å². The highest BCUT2D eigenvalue weighted by Gasteiger charge is 2.07. The number of hydrogen-bond acceptors (Lipinski definition) is 2. The van der Waals surface area contributed by atoms with Gasteiger partial charge < -0.3 is 4.57 Å². The zero-order chi connectivity index (χ0) is 15.6. The number of aromatic nitrogens is 1. The van der Waals surface area contributed by atoms with E-state index in [0.717, 1.165) is 16.8 Å². The Morgan fingerprint density at radius 1 is 0.870 bits per heavy atom. The summed E-state index contributed by atoms with van der Waals surface area (Å²) in [6.45, 7) is 0.579. The minimum absolute atomic E-state index is 0.0295. The highest BCUT2D eigenvalue weighted by atomic mass is 32.1. The lowest BCUT2D eigenvalue weighted by molar-refractivity contribution is 0.769. The fraction of sp³-hybridized carbons (Fsp3) is 0.0500. The predicted molar refractivity (Wildman–Crippen MR) is 97.1 cm³/mol. The van der Waals surface area contributed by atoms with Gasteiger partial charge in [-0.15, -0.1) is 0 Å². The molecule has 2 aromatic heterocycles. The summed E-state index contributed by atoms with van der Waals surface area (Å²) in [6.07, 6.45) is 0. The lowest BCUT2D eigenvalue weighted by Crippen LogP contribution is -2.21. The Bertz CT molecular complexity index is 1020. The van der Waals surface area contributed by atoms with Gasteiger partial charge in [0, 0.05) is 17.0 Å². The number of thiophene rings is 1. The SMILES string of the molecule is O=c1cccc(-c2ccsc2)n1Cc1ccc2ccccc2c1. The molecular weight excluding hydrogens is 302 g/mol. The summed E-state index contributed by atoms with van der Waals surface area (Å²) in [7, 11) is 0. The van der Waals surface area contributed by atoms with Crippen molar-refractivity contribution >= 4 is 22.1 Å². The van der Waals surface area contributed by atoms with Crippen molar-refractivity contribution in [3.05, 3.63) is 93.4 Å². The normalized spacial score (nSPS) is 11.0. The van der Waals surface area contributed by atoms with E-state index in [2.05, 4.69) is 41.8 Å². The highest BCUT2D eigenvalue weighted by Crippen LogP contribution is 2.22. The van der Waals surface area contributed by atoms with E-state index in [4.69, 9.17) is 0 Å². The maximum Gasteiger partial charge on any atom is 0.251 e. The number of pyridine rings is 1. The fourth-order valence-corrected chi connectivity index (χ4v) is 3.51. The molecule has 0 aliphatic heterocycles. The minimum Gasteiger partial charge on any atom is -0.304 e. The Morgan fingerprint density at radius 2 is 1.74 bits per heavy atom. The summed E-state index contributed by atoms with van der Waals surface area (Å²) in [6, 6.07) is 22.2. The molecule has 0 bridgehead atoms. The van der Waals surface area contributed by atoms with Gasteiger partial charge in [-0.2, -0.15) is 11.3 Å². The van der Waals surface area contributed by atoms with Gasteiger partial charge in [0.2, 0.25) is 0 Å². The van der Waals surface area contributed by atoms with Crippen LogP contribution < -0.4 is 5.56 Å². The summed E-state index contributed by atoms with van der Waals surface area (Å²) in [5.41, 5.74) is 3.22. The number of rotatable bonds is 3. The van der Waals surface area contributed by atoms with Crippen molar-refractivity contribution in [2.45, 2.75) is 6.54 Å². The fourth-order valence-electron chi connectivity index (χ4n) is 2.87. The summed E-state index contributed by atoms with van der Waals surface area (Å²) in [5.74, 6) is 0. The van der Waals surface area contributed by atoms with Crippen molar-refractivity contribution in [2.75, 3.05) is 0 Å². The van der Waals surface area contributed by atoms with Gasteiger partial charge in [0.1, 0.15) is 0 Å². The van der Waals surface area contributed by atoms with Crippen molar-refractivity contribution in [1.29, 1.82) is 0 Å². The first-order valence-electron chi connectivity index (χ1n) is 7.51. The van der Waals surface area contributed by atoms with Gasteiger partial charge in [0.25, 0.3) is 5.56 Å². The van der Waals surface area contributed by atoms with E-state index in [1.807, 2.05) is 34.2 Å². The van der Waals surface area contributed by atoms with E-state index in [0.29, 0.717) is 6.54 Å². The molecule has 2 heterocycles. The molecule has 0 spiro atoms. The molecule has 0 aliphatic rings. The molecule has 0 N–H and O–H groups in total. The average molecular weight is 317 g/mol. The van der Waals surface area contributed by atoms with Crippen LogP contribution in [0.4, 0.5) is 0 Å². The minimum atomic E-state index is 0.0295. The van der Waals surface area contributed by atoms with E-state index in [9.17, 15) is 4.79 Å². The molecule has 0 saturated heterocycles. The molecule has 4 aromatic rings. The van der Waals surface area contributed by atoms with Crippen molar-refractivity contribution in [2.24, 2.45) is 0 Å². The third-order valence-corrected chi connectivity index (χ3v) is 4.70. The number of nitrogens with zero attached hydrogens (tertiary/aromatic N) is 1. The second kappa shape index (κ2) is 5.86. The molecule has 4 rings (SSSR count). The van der Waals surface area contributed by atoms with Crippen LogP contribution in [0.1, 0.15) is 5.56 Å². The summed E-state index contributed by atoms with van der Waals surface area (Å²) in [5, 5.41) is 6.53. The van der Waals surface area contributed by atoms with Crippen molar-refractivity contribution in [3.8, 4) is 11.3 Å². The van der Waals surface area contributed by atoms with Crippen LogP contribution in [0.15, 0.2) is 82.3 Å². The van der Waals surface area contributed by atoms with Gasteiger partial charge in [-0.25, -0.2) is 0 Å². The molecular formula is C20H15NOS. The van der Waals surface area contributed by atoms with Crippen LogP contribution in [0.25, 0.3) is 22.0 Å². The van der Waals surface area contributed by atoms with Crippen LogP contribution in [0.5, 0.6) is 0 Å². The van der Waals surface area contributed by atoms with Crippen LogP contribution in [0.3, 0.4) is 0 Å². The van der Waals surface area contributed by atoms with Gasteiger partial charge in [-0.3, -0.25) is 4.79 Å². The number of fused-ring (bicyclic) bond motifs is 1. The molecule has 0 fully saturated rings. The first-order valence-corrected chi connectivity index (χ1v) is 8.46. The predicted octanol–water partition coefficient (Wildman–Crippen LogP) is 4.78. The molecule has 0 atom stereocenters. The molecule has 0 radical (unpaired) electrons. The summed E-state index contributed by atoms with van der Waals surface area (Å²) in [4.78, 5) is 12.4. The van der Waals surface area contributed by atoms with Gasteiger partial charge >= 0.3 is 0 Å². The third kappa shape index (κ3) is 2.71. The van der Waals surface area contributed by atoms with E-state index >= 15 is 0 Å². The second-order valence-corrected chi connectivity index (χ2v) is 6.31. The first kappa shape index (κ1) is 14.0. The van der Waals surface area contributed by atoms with Crippen LogP contribution >= 0.6 is 11.3 Å². The Balaban J connectivity index is 1.80. The van der Waals surface area contributed by atoms with Gasteiger partial charge in [-0.05, 0) is 39.9 Å². The van der Waals surface area contributed by atoms with Gasteiger partial charge in [0.05, 0.1) is 12.2 Å². The lowest BCUT2D eigenvalue weighted by Gasteiger charge is -2.12. The van der Waals surface area contributed by atoms with E-state index < -0.39 is 0 Å². The van der Waals surface area contributed by atoms with Crippen LogP contribution in [-0.4, -0.2) is 4.57 Å². The van der Waals surface area contributed by atoms with Crippen molar-refractivity contribution in [3.63, 3.8) is 0 Å². The first-order chi connectivity index (χ1) is 11.3. The van der Waals surface area contributed by atoms with Crippen molar-refractivity contribution < 1.29 is 0 Å². The second-order valence-electron chi connectivity index (χ2n) is 5.53. The zero-order valence-electron chi connectivity index (χ0n) is 12.5. The van der Waals surface area contributed by atoms with Crippen LogP contribution in [0.2, 0.25) is 0 Å². The molecule has 0 aliphatic carbocycles. The smallest absolute Gasteiger partial charge is 0.251 e. The monoisotopic (exact) mass is 317 g/mol. The topological polar surface area (TPSA) is 22.0 Å². The molecule has 2 aromatic carbocycles. The molecule has 0 unspecified atom stereocenters. The molecule has 0 saturated carbocycles. The molecule has 23 heavy (non-hydrogen) atoms. The molecule has 3 heteroatoms. The maximum atomic E-state index is 12.4. The Morgan fingerprint density at radius 3 is 2.57 bits per heavy atom. The Labute approximate surface area is 138 Å². The quantitative estimate of drug-likeness (QED) is 0.533. The molecule has 112 valence electrons. The van der Waals surface area contributed by atoms with E-state index in [-0.39, 0.29) is 5.56 Å². The largest absolute Gasteiger partial charge is 0.304 e. The third-order valence-electron chi connectivity index (χ3n) is 4.02. The van der Waals surface area contributed by atoms with E-state index in [1.54, 1.807) is 17.4 Å². The standard InChI is InChI=1S/C20H15NOS/c22-20-7-3-6-19(18-10-11-23-14-18)21(20)13-15-8-9-16-4-1-2-5-17(16)12-15/h1-12,14H,13H2. The van der Waals surface area contributed by atoms with Crippen molar-refractivity contribution in [1.82, 2.24) is 4.57 Å². The summed E-state index contributed by atoms with van der Waals surface area (Å²) < 4.78 is 1.84. The summed E-state index contributed by atoms with van der Waals surface area (Å²) >= 11 is 1.64. The lowest BCUT2D eigenvalue weighted by atomic mass is 10.1. The molecule has 0 amide bonds. The van der Waals surface area contributed by atoms with Gasteiger partial charge in [0.15, 0.2) is 0 Å². The Hall–Kier alpha value is -2.65.